The summed E-state index contributed by atoms with van der Waals surface area (Å²) in [6.07, 6.45) is 2.33. The van der Waals surface area contributed by atoms with Crippen LogP contribution < -0.4 is 9.64 Å². The van der Waals surface area contributed by atoms with Crippen LogP contribution in [0.25, 0.3) is 0 Å². The van der Waals surface area contributed by atoms with Crippen molar-refractivity contribution in [3.05, 3.63) is 23.8 Å². The Kier molecular flexibility index (Phi) is 4.64. The number of rotatable bonds is 5. The Morgan fingerprint density at radius 2 is 2.22 bits per heavy atom. The lowest BCUT2D eigenvalue weighted by molar-refractivity contribution is -0.118. The number of carbonyl (C=O) groups excluding carboxylic acids is 1. The highest BCUT2D eigenvalue weighted by molar-refractivity contribution is 9.09. The standard InChI is InChI=1S/C14H18BrNO2/c1-2-18-13-6-3-5-12-11(13)7-8-14(17)16(12)10-4-9-15/h3,5-6H,2,4,7-10H2,1H3. The van der Waals surface area contributed by atoms with Crippen molar-refractivity contribution in [2.45, 2.75) is 26.2 Å². The van der Waals surface area contributed by atoms with Crippen molar-refractivity contribution in [2.24, 2.45) is 0 Å². The summed E-state index contributed by atoms with van der Waals surface area (Å²) in [6.45, 7) is 3.41. The van der Waals surface area contributed by atoms with E-state index in [1.54, 1.807) is 0 Å². The van der Waals surface area contributed by atoms with Gasteiger partial charge in [0.25, 0.3) is 0 Å². The van der Waals surface area contributed by atoms with Gasteiger partial charge < -0.3 is 9.64 Å². The van der Waals surface area contributed by atoms with Crippen LogP contribution in [0.4, 0.5) is 5.69 Å². The molecule has 0 saturated heterocycles. The Morgan fingerprint density at radius 1 is 1.39 bits per heavy atom. The van der Waals surface area contributed by atoms with E-state index in [2.05, 4.69) is 15.9 Å². The predicted octanol–water partition coefficient (Wildman–Crippen LogP) is 3.15. The minimum Gasteiger partial charge on any atom is -0.494 e. The highest BCUT2D eigenvalue weighted by atomic mass is 79.9. The van der Waals surface area contributed by atoms with Crippen molar-refractivity contribution in [1.29, 1.82) is 0 Å². The van der Waals surface area contributed by atoms with Crippen molar-refractivity contribution >= 4 is 27.5 Å². The number of hydrogen-bond acceptors (Lipinski definition) is 2. The second-order valence-corrected chi connectivity index (χ2v) is 5.07. The monoisotopic (exact) mass is 311 g/mol. The molecule has 0 radical (unpaired) electrons. The molecule has 18 heavy (non-hydrogen) atoms. The molecule has 0 atom stereocenters. The van der Waals surface area contributed by atoms with E-state index in [1.807, 2.05) is 30.0 Å². The zero-order chi connectivity index (χ0) is 13.0. The lowest BCUT2D eigenvalue weighted by Crippen LogP contribution is -2.36. The lowest BCUT2D eigenvalue weighted by atomic mass is 10.00. The van der Waals surface area contributed by atoms with E-state index in [9.17, 15) is 4.79 Å². The summed E-state index contributed by atoms with van der Waals surface area (Å²) >= 11 is 3.41. The number of nitrogens with zero attached hydrogens (tertiary/aromatic N) is 1. The fraction of sp³-hybridized carbons (Fsp3) is 0.500. The van der Waals surface area contributed by atoms with Gasteiger partial charge >= 0.3 is 0 Å². The molecule has 1 aliphatic rings. The van der Waals surface area contributed by atoms with Gasteiger partial charge in [-0.3, -0.25) is 4.79 Å². The van der Waals surface area contributed by atoms with Gasteiger partial charge in [-0.15, -0.1) is 0 Å². The molecule has 0 aliphatic carbocycles. The van der Waals surface area contributed by atoms with Crippen molar-refractivity contribution in [3.63, 3.8) is 0 Å². The van der Waals surface area contributed by atoms with Crippen LogP contribution >= 0.6 is 15.9 Å². The number of carbonyl (C=O) groups is 1. The van der Waals surface area contributed by atoms with Crippen LogP contribution in [0, 0.1) is 0 Å². The quantitative estimate of drug-likeness (QED) is 0.782. The summed E-state index contributed by atoms with van der Waals surface area (Å²) in [5, 5.41) is 0.914. The maximum Gasteiger partial charge on any atom is 0.227 e. The molecular weight excluding hydrogens is 294 g/mol. The Labute approximate surface area is 116 Å². The summed E-state index contributed by atoms with van der Waals surface area (Å²) in [5.41, 5.74) is 2.20. The third kappa shape index (κ3) is 2.69. The first-order valence-electron chi connectivity index (χ1n) is 6.39. The maximum atomic E-state index is 12.0. The Balaban J connectivity index is 2.31. The first kappa shape index (κ1) is 13.4. The topological polar surface area (TPSA) is 29.5 Å². The molecule has 0 bridgehead atoms. The minimum atomic E-state index is 0.220. The first-order valence-corrected chi connectivity index (χ1v) is 7.51. The van der Waals surface area contributed by atoms with Gasteiger partial charge in [0.2, 0.25) is 5.91 Å². The Morgan fingerprint density at radius 3 is 2.94 bits per heavy atom. The Bertz CT molecular complexity index is 434. The van der Waals surface area contributed by atoms with Gasteiger partial charge in [0.15, 0.2) is 0 Å². The normalized spacial score (nSPS) is 14.6. The fourth-order valence-electron chi connectivity index (χ4n) is 2.31. The van der Waals surface area contributed by atoms with E-state index in [0.29, 0.717) is 13.0 Å². The predicted molar refractivity (Wildman–Crippen MR) is 76.7 cm³/mol. The number of ether oxygens (including phenoxy) is 1. The second kappa shape index (κ2) is 6.23. The summed E-state index contributed by atoms with van der Waals surface area (Å²) < 4.78 is 5.65. The third-order valence-electron chi connectivity index (χ3n) is 3.10. The molecule has 1 aliphatic heterocycles. The SMILES string of the molecule is CCOc1cccc2c1CCC(=O)N2CCCBr. The molecule has 1 heterocycles. The number of benzene rings is 1. The molecule has 0 saturated carbocycles. The molecule has 98 valence electrons. The molecule has 0 unspecified atom stereocenters. The van der Waals surface area contributed by atoms with Gasteiger partial charge in [-0.05, 0) is 31.9 Å². The third-order valence-corrected chi connectivity index (χ3v) is 3.66. The van der Waals surface area contributed by atoms with Crippen LogP contribution in [0.5, 0.6) is 5.75 Å². The molecule has 2 rings (SSSR count). The minimum absolute atomic E-state index is 0.220. The van der Waals surface area contributed by atoms with Gasteiger partial charge in [0, 0.05) is 23.9 Å². The molecule has 4 heteroatoms. The van der Waals surface area contributed by atoms with Crippen LogP contribution in [-0.2, 0) is 11.2 Å². The number of hydrogen-bond donors (Lipinski definition) is 0. The van der Waals surface area contributed by atoms with Crippen molar-refractivity contribution in [2.75, 3.05) is 23.4 Å². The first-order chi connectivity index (χ1) is 8.77. The average Bonchev–Trinajstić information content (AvgIpc) is 2.38. The van der Waals surface area contributed by atoms with Crippen LogP contribution in [0.2, 0.25) is 0 Å². The van der Waals surface area contributed by atoms with Gasteiger partial charge in [0.05, 0.1) is 12.3 Å². The Hall–Kier alpha value is -1.03. The van der Waals surface area contributed by atoms with E-state index in [1.165, 1.54) is 5.56 Å². The van der Waals surface area contributed by atoms with Crippen molar-refractivity contribution < 1.29 is 9.53 Å². The molecule has 0 spiro atoms. The highest BCUT2D eigenvalue weighted by Gasteiger charge is 2.25. The summed E-state index contributed by atoms with van der Waals surface area (Å²) in [7, 11) is 0. The van der Waals surface area contributed by atoms with E-state index in [4.69, 9.17) is 4.74 Å². The van der Waals surface area contributed by atoms with E-state index >= 15 is 0 Å². The molecule has 0 N–H and O–H groups in total. The summed E-state index contributed by atoms with van der Waals surface area (Å²) in [4.78, 5) is 13.9. The molecule has 3 nitrogen and oxygen atoms in total. The number of fused-ring (bicyclic) bond motifs is 1. The molecule has 0 fully saturated rings. The van der Waals surface area contributed by atoms with Crippen LogP contribution in [-0.4, -0.2) is 24.4 Å². The van der Waals surface area contributed by atoms with E-state index < -0.39 is 0 Å². The largest absolute Gasteiger partial charge is 0.494 e. The van der Waals surface area contributed by atoms with E-state index in [0.717, 1.165) is 36.2 Å². The molecule has 1 aromatic carbocycles. The van der Waals surface area contributed by atoms with Gasteiger partial charge in [0.1, 0.15) is 5.75 Å². The summed E-state index contributed by atoms with van der Waals surface area (Å²) in [5.74, 6) is 1.14. The second-order valence-electron chi connectivity index (χ2n) is 4.27. The maximum absolute atomic E-state index is 12.0. The number of anilines is 1. The van der Waals surface area contributed by atoms with Gasteiger partial charge in [-0.2, -0.15) is 0 Å². The van der Waals surface area contributed by atoms with Crippen LogP contribution in [0.1, 0.15) is 25.3 Å². The number of alkyl halides is 1. The molecular formula is C14H18BrNO2. The molecule has 0 aromatic heterocycles. The number of halogens is 1. The lowest BCUT2D eigenvalue weighted by Gasteiger charge is -2.30. The van der Waals surface area contributed by atoms with E-state index in [-0.39, 0.29) is 5.91 Å². The number of amides is 1. The average molecular weight is 312 g/mol. The van der Waals surface area contributed by atoms with Crippen LogP contribution in [0.3, 0.4) is 0 Å². The summed E-state index contributed by atoms with van der Waals surface area (Å²) in [6, 6.07) is 5.97. The van der Waals surface area contributed by atoms with Crippen LogP contribution in [0.15, 0.2) is 18.2 Å². The van der Waals surface area contributed by atoms with Gasteiger partial charge in [-0.25, -0.2) is 0 Å². The molecule has 1 amide bonds. The van der Waals surface area contributed by atoms with Crippen molar-refractivity contribution in [1.82, 2.24) is 0 Å². The van der Waals surface area contributed by atoms with Crippen molar-refractivity contribution in [3.8, 4) is 5.75 Å². The smallest absolute Gasteiger partial charge is 0.227 e. The fourth-order valence-corrected chi connectivity index (χ4v) is 2.56. The zero-order valence-corrected chi connectivity index (χ0v) is 12.2. The van der Waals surface area contributed by atoms with Gasteiger partial charge in [-0.1, -0.05) is 22.0 Å². The zero-order valence-electron chi connectivity index (χ0n) is 10.6. The molecule has 1 aromatic rings. The highest BCUT2D eigenvalue weighted by Crippen LogP contribution is 2.34.